The van der Waals surface area contributed by atoms with Gasteiger partial charge in [-0.05, 0) is 36.5 Å². The third-order valence-electron chi connectivity index (χ3n) is 4.98. The summed E-state index contributed by atoms with van der Waals surface area (Å²) in [5, 5.41) is 3.27. The van der Waals surface area contributed by atoms with Crippen molar-refractivity contribution in [1.29, 1.82) is 0 Å². The van der Waals surface area contributed by atoms with Crippen molar-refractivity contribution in [3.63, 3.8) is 0 Å². The Morgan fingerprint density at radius 3 is 2.96 bits per heavy atom. The van der Waals surface area contributed by atoms with E-state index in [4.69, 9.17) is 0 Å². The number of aromatic amines is 1. The minimum absolute atomic E-state index is 0.0447. The normalized spacial score (nSPS) is 15.7. The number of aryl methyl sites for hydroxylation is 2. The Labute approximate surface area is 155 Å². The van der Waals surface area contributed by atoms with E-state index in [0.29, 0.717) is 17.8 Å². The summed E-state index contributed by atoms with van der Waals surface area (Å²) in [5.74, 6) is -0.279. The van der Waals surface area contributed by atoms with Gasteiger partial charge in [-0.25, -0.2) is 9.78 Å². The molecule has 0 spiro atoms. The molecule has 4 rings (SSSR count). The first kappa shape index (κ1) is 17.2. The number of nitrogens with one attached hydrogen (secondary N) is 2. The molecule has 1 aliphatic carbocycles. The maximum absolute atomic E-state index is 12.7. The molecule has 0 saturated heterocycles. The smallest absolute Gasteiger partial charge is 0.329 e. The Bertz CT molecular complexity index is 1150. The van der Waals surface area contributed by atoms with Gasteiger partial charge in [0.2, 0.25) is 0 Å². The minimum Gasteiger partial charge on any atom is -0.345 e. The van der Waals surface area contributed by atoms with Crippen LogP contribution in [0, 0.1) is 0 Å². The first-order chi connectivity index (χ1) is 13.1. The van der Waals surface area contributed by atoms with Crippen molar-refractivity contribution in [2.24, 2.45) is 0 Å². The lowest BCUT2D eigenvalue weighted by Gasteiger charge is -2.14. The number of carbonyl (C=O) groups excluding carboxylic acids is 1. The number of benzene rings is 1. The average Bonchev–Trinajstić information content (AvgIpc) is 3.08. The van der Waals surface area contributed by atoms with Gasteiger partial charge in [-0.3, -0.25) is 19.1 Å². The molecule has 0 radical (unpaired) electrons. The Balaban J connectivity index is 1.67. The summed E-state index contributed by atoms with van der Waals surface area (Å²) in [5.41, 5.74) is 1.97. The third-order valence-corrected chi connectivity index (χ3v) is 4.98. The highest BCUT2D eigenvalue weighted by Crippen LogP contribution is 2.30. The van der Waals surface area contributed by atoms with Gasteiger partial charge in [0.05, 0.1) is 17.0 Å². The number of pyridine rings is 1. The summed E-state index contributed by atoms with van der Waals surface area (Å²) in [6.07, 6.45) is 3.93. The summed E-state index contributed by atoms with van der Waals surface area (Å²) < 4.78 is 1.42. The number of H-pyrrole nitrogens is 1. The van der Waals surface area contributed by atoms with Crippen LogP contribution in [0.4, 0.5) is 0 Å². The van der Waals surface area contributed by atoms with Crippen molar-refractivity contribution in [2.45, 2.75) is 38.8 Å². The zero-order chi connectivity index (χ0) is 19.0. The van der Waals surface area contributed by atoms with Crippen LogP contribution in [0.15, 0.2) is 46.1 Å². The largest absolute Gasteiger partial charge is 0.345 e. The molecule has 0 fully saturated rings. The molecule has 0 saturated carbocycles. The summed E-state index contributed by atoms with van der Waals surface area (Å²) in [6, 6.07) is 9.53. The number of aromatic nitrogens is 3. The van der Waals surface area contributed by atoms with E-state index in [1.54, 1.807) is 0 Å². The minimum atomic E-state index is -0.532. The SMILES string of the molecule is CCCn1c(=O)[nH]c(=O)c2cc(C(=O)N[C@@H]3CCc4ccccc43)cnc21. The second-order valence-electron chi connectivity index (χ2n) is 6.77. The number of nitrogens with zero attached hydrogens (tertiary/aromatic N) is 2. The summed E-state index contributed by atoms with van der Waals surface area (Å²) in [7, 11) is 0. The second-order valence-corrected chi connectivity index (χ2v) is 6.77. The van der Waals surface area contributed by atoms with Crippen LogP contribution in [0.25, 0.3) is 11.0 Å². The van der Waals surface area contributed by atoms with Crippen molar-refractivity contribution >= 4 is 16.9 Å². The number of amides is 1. The van der Waals surface area contributed by atoms with Gasteiger partial charge in [-0.2, -0.15) is 0 Å². The monoisotopic (exact) mass is 364 g/mol. The predicted octanol–water partition coefficient (Wildman–Crippen LogP) is 1.91. The molecule has 2 aromatic heterocycles. The van der Waals surface area contributed by atoms with Gasteiger partial charge in [0.25, 0.3) is 11.5 Å². The molecule has 7 heteroatoms. The van der Waals surface area contributed by atoms with Gasteiger partial charge in [0.1, 0.15) is 5.65 Å². The summed E-state index contributed by atoms with van der Waals surface area (Å²) >= 11 is 0. The molecule has 1 aromatic carbocycles. The van der Waals surface area contributed by atoms with Crippen LogP contribution in [0.1, 0.15) is 47.3 Å². The summed E-state index contributed by atoms with van der Waals surface area (Å²) in [4.78, 5) is 43.4. The first-order valence-electron chi connectivity index (χ1n) is 9.10. The molecule has 27 heavy (non-hydrogen) atoms. The van der Waals surface area contributed by atoms with Crippen LogP contribution in [0.2, 0.25) is 0 Å². The molecule has 1 atom stereocenters. The zero-order valence-electron chi connectivity index (χ0n) is 15.0. The van der Waals surface area contributed by atoms with Crippen LogP contribution in [0.5, 0.6) is 0 Å². The van der Waals surface area contributed by atoms with Crippen molar-refractivity contribution in [1.82, 2.24) is 19.9 Å². The quantitative estimate of drug-likeness (QED) is 0.739. The maximum atomic E-state index is 12.7. The van der Waals surface area contributed by atoms with Crippen LogP contribution in [0.3, 0.4) is 0 Å². The number of carbonyl (C=O) groups is 1. The predicted molar refractivity (Wildman–Crippen MR) is 102 cm³/mol. The fraction of sp³-hybridized carbons (Fsp3) is 0.300. The Kier molecular flexibility index (Phi) is 4.35. The van der Waals surface area contributed by atoms with Crippen LogP contribution in [-0.2, 0) is 13.0 Å². The molecule has 3 aromatic rings. The number of fused-ring (bicyclic) bond motifs is 2. The lowest BCUT2D eigenvalue weighted by atomic mass is 10.1. The molecule has 7 nitrogen and oxygen atoms in total. The maximum Gasteiger partial charge on any atom is 0.329 e. The second kappa shape index (κ2) is 6.83. The molecule has 1 amide bonds. The molecule has 0 aliphatic heterocycles. The van der Waals surface area contributed by atoms with Gasteiger partial charge in [0, 0.05) is 12.7 Å². The highest BCUT2D eigenvalue weighted by atomic mass is 16.2. The Hall–Kier alpha value is -3.22. The molecular weight excluding hydrogens is 344 g/mol. The fourth-order valence-corrected chi connectivity index (χ4v) is 3.67. The van der Waals surface area contributed by atoms with E-state index in [1.807, 2.05) is 25.1 Å². The lowest BCUT2D eigenvalue weighted by Crippen LogP contribution is -2.32. The van der Waals surface area contributed by atoms with Crippen molar-refractivity contribution in [3.05, 3.63) is 74.1 Å². The number of rotatable bonds is 4. The Morgan fingerprint density at radius 1 is 1.33 bits per heavy atom. The average molecular weight is 364 g/mol. The molecule has 138 valence electrons. The highest BCUT2D eigenvalue weighted by Gasteiger charge is 2.24. The third kappa shape index (κ3) is 3.05. The molecular formula is C20H20N4O3. The van der Waals surface area contributed by atoms with Gasteiger partial charge in [-0.15, -0.1) is 0 Å². The van der Waals surface area contributed by atoms with Gasteiger partial charge < -0.3 is 5.32 Å². The topological polar surface area (TPSA) is 96.9 Å². The summed E-state index contributed by atoms with van der Waals surface area (Å²) in [6.45, 7) is 2.38. The molecule has 0 unspecified atom stereocenters. The zero-order valence-corrected chi connectivity index (χ0v) is 15.0. The van der Waals surface area contributed by atoms with E-state index in [1.165, 1.54) is 22.4 Å². The fourth-order valence-electron chi connectivity index (χ4n) is 3.67. The van der Waals surface area contributed by atoms with Gasteiger partial charge in [-0.1, -0.05) is 31.2 Å². The van der Waals surface area contributed by atoms with Gasteiger partial charge >= 0.3 is 5.69 Å². The molecule has 0 bridgehead atoms. The van der Waals surface area contributed by atoms with Crippen LogP contribution in [-0.4, -0.2) is 20.4 Å². The molecule has 1 aliphatic rings. The van der Waals surface area contributed by atoms with Crippen molar-refractivity contribution in [3.8, 4) is 0 Å². The van der Waals surface area contributed by atoms with E-state index >= 15 is 0 Å². The standard InChI is InChI=1S/C20H20N4O3/c1-2-9-24-17-15(19(26)23-20(24)27)10-13(11-21-17)18(25)22-16-8-7-12-5-3-4-6-14(12)16/h3-6,10-11,16H,2,7-9H2,1H3,(H,22,25)(H,23,26,27)/t16-/m1/s1. The highest BCUT2D eigenvalue weighted by molar-refractivity contribution is 5.97. The number of hydrogen-bond acceptors (Lipinski definition) is 4. The van der Waals surface area contributed by atoms with E-state index in [2.05, 4.69) is 21.4 Å². The van der Waals surface area contributed by atoms with Crippen LogP contribution < -0.4 is 16.6 Å². The van der Waals surface area contributed by atoms with E-state index in [0.717, 1.165) is 24.8 Å². The van der Waals surface area contributed by atoms with Gasteiger partial charge in [0.15, 0.2) is 0 Å². The lowest BCUT2D eigenvalue weighted by molar-refractivity contribution is 0.0936. The van der Waals surface area contributed by atoms with E-state index < -0.39 is 11.2 Å². The molecule has 2 N–H and O–H groups in total. The van der Waals surface area contributed by atoms with E-state index in [9.17, 15) is 14.4 Å². The van der Waals surface area contributed by atoms with E-state index in [-0.39, 0.29) is 17.3 Å². The van der Waals surface area contributed by atoms with Crippen LogP contribution >= 0.6 is 0 Å². The van der Waals surface area contributed by atoms with Crippen molar-refractivity contribution in [2.75, 3.05) is 0 Å². The first-order valence-corrected chi connectivity index (χ1v) is 9.10. The number of hydrogen-bond donors (Lipinski definition) is 2. The van der Waals surface area contributed by atoms with Crippen molar-refractivity contribution < 1.29 is 4.79 Å². The molecule has 2 heterocycles. The Morgan fingerprint density at radius 2 is 2.15 bits per heavy atom.